The Morgan fingerprint density at radius 2 is 1.12 bits per heavy atom. The molecule has 2 saturated carbocycles. The van der Waals surface area contributed by atoms with Gasteiger partial charge in [0, 0.05) is 5.92 Å². The van der Waals surface area contributed by atoms with Crippen LogP contribution in [0.3, 0.4) is 0 Å². The van der Waals surface area contributed by atoms with E-state index in [1.807, 2.05) is 0 Å². The first-order valence-corrected chi connectivity index (χ1v) is 12.1. The molecule has 0 aliphatic heterocycles. The molecule has 2 fully saturated rings. The Kier molecular flexibility index (Phi) is 10.9. The van der Waals surface area contributed by atoms with E-state index in [0.29, 0.717) is 5.92 Å². The molecule has 3 atom stereocenters. The lowest BCUT2D eigenvalue weighted by molar-refractivity contribution is -0.112. The summed E-state index contributed by atoms with van der Waals surface area (Å²) in [7, 11) is 0. The second kappa shape index (κ2) is 12.9. The van der Waals surface area contributed by atoms with E-state index in [9.17, 15) is 4.79 Å². The van der Waals surface area contributed by atoms with Gasteiger partial charge in [-0.05, 0) is 55.8 Å². The molecule has 2 aliphatic rings. The largest absolute Gasteiger partial charge is 0.303 e. The maximum absolute atomic E-state index is 10.8. The van der Waals surface area contributed by atoms with E-state index < -0.39 is 0 Å². The van der Waals surface area contributed by atoms with Crippen molar-refractivity contribution in [2.75, 3.05) is 0 Å². The Morgan fingerprint density at radius 1 is 0.615 bits per heavy atom. The van der Waals surface area contributed by atoms with Gasteiger partial charge in [-0.1, -0.05) is 90.9 Å². The lowest BCUT2D eigenvalue weighted by atomic mass is 9.74. The van der Waals surface area contributed by atoms with Gasteiger partial charge in [-0.25, -0.2) is 0 Å². The third-order valence-corrected chi connectivity index (χ3v) is 7.77. The van der Waals surface area contributed by atoms with Crippen molar-refractivity contribution < 1.29 is 4.79 Å². The summed E-state index contributed by atoms with van der Waals surface area (Å²) in [6.07, 6.45) is 25.2. The zero-order chi connectivity index (χ0) is 18.6. The Morgan fingerprint density at radius 3 is 1.65 bits per heavy atom. The van der Waals surface area contributed by atoms with Crippen LogP contribution in [0, 0.1) is 29.6 Å². The van der Waals surface area contributed by atoms with Gasteiger partial charge in [0.1, 0.15) is 6.29 Å². The highest BCUT2D eigenvalue weighted by Crippen LogP contribution is 2.36. The highest BCUT2D eigenvalue weighted by atomic mass is 16.1. The van der Waals surface area contributed by atoms with Crippen molar-refractivity contribution in [2.24, 2.45) is 29.6 Å². The maximum Gasteiger partial charge on any atom is 0.123 e. The minimum Gasteiger partial charge on any atom is -0.303 e. The zero-order valence-corrected chi connectivity index (χ0v) is 17.9. The predicted octanol–water partition coefficient (Wildman–Crippen LogP) is 7.97. The van der Waals surface area contributed by atoms with Crippen molar-refractivity contribution in [1.29, 1.82) is 0 Å². The van der Waals surface area contributed by atoms with Crippen LogP contribution in [0.15, 0.2) is 0 Å². The van der Waals surface area contributed by atoms with E-state index >= 15 is 0 Å². The molecule has 0 spiro atoms. The van der Waals surface area contributed by atoms with Crippen molar-refractivity contribution in [3.8, 4) is 0 Å². The molecule has 0 heterocycles. The Bertz CT molecular complexity index is 355. The van der Waals surface area contributed by atoms with Gasteiger partial charge in [0.25, 0.3) is 0 Å². The average Bonchev–Trinajstić information content (AvgIpc) is 2.66. The molecular formula is C25H46O. The number of hydrogen-bond donors (Lipinski definition) is 0. The fraction of sp³-hybridized carbons (Fsp3) is 0.960. The predicted molar refractivity (Wildman–Crippen MR) is 113 cm³/mol. The first kappa shape index (κ1) is 22.0. The minimum absolute atomic E-state index is 0.385. The minimum atomic E-state index is 0.385. The molecule has 0 aromatic rings. The quantitative estimate of drug-likeness (QED) is 0.254. The number of rotatable bonds is 12. The SMILES string of the molecule is CC1CCC(CCCCCCCCCCC2CCC(C=O)CC2)CC1C. The van der Waals surface area contributed by atoms with Crippen LogP contribution in [-0.4, -0.2) is 6.29 Å². The van der Waals surface area contributed by atoms with Gasteiger partial charge in [-0.3, -0.25) is 0 Å². The number of unbranched alkanes of at least 4 members (excludes halogenated alkanes) is 7. The molecule has 26 heavy (non-hydrogen) atoms. The standard InChI is InChI=1S/C25H46O/c1-21-13-14-24(19-22(21)2)12-10-8-6-4-3-5-7-9-11-23-15-17-25(20-26)18-16-23/h20-25H,3-19H2,1-2H3. The maximum atomic E-state index is 10.8. The third kappa shape index (κ3) is 8.57. The normalized spacial score (nSPS) is 32.5. The summed E-state index contributed by atoms with van der Waals surface area (Å²) >= 11 is 0. The number of aldehydes is 1. The topological polar surface area (TPSA) is 17.1 Å². The highest BCUT2D eigenvalue weighted by molar-refractivity contribution is 5.53. The Balaban J connectivity index is 1.33. The van der Waals surface area contributed by atoms with Crippen molar-refractivity contribution in [3.63, 3.8) is 0 Å². The van der Waals surface area contributed by atoms with Crippen LogP contribution in [0.2, 0.25) is 0 Å². The van der Waals surface area contributed by atoms with Crippen LogP contribution in [0.4, 0.5) is 0 Å². The van der Waals surface area contributed by atoms with Crippen LogP contribution in [0.5, 0.6) is 0 Å². The van der Waals surface area contributed by atoms with Crippen LogP contribution in [-0.2, 0) is 4.79 Å². The first-order chi connectivity index (χ1) is 12.7. The second-order valence-electron chi connectivity index (χ2n) is 9.96. The molecule has 152 valence electrons. The smallest absolute Gasteiger partial charge is 0.123 e. The van der Waals surface area contributed by atoms with E-state index in [4.69, 9.17) is 0 Å². The number of carbonyl (C=O) groups is 1. The van der Waals surface area contributed by atoms with Crippen molar-refractivity contribution in [1.82, 2.24) is 0 Å². The molecule has 2 aliphatic carbocycles. The molecular weight excluding hydrogens is 316 g/mol. The van der Waals surface area contributed by atoms with Crippen LogP contribution in [0.25, 0.3) is 0 Å². The van der Waals surface area contributed by atoms with Gasteiger partial charge in [-0.2, -0.15) is 0 Å². The van der Waals surface area contributed by atoms with E-state index in [0.717, 1.165) is 36.5 Å². The average molecular weight is 363 g/mol. The van der Waals surface area contributed by atoms with E-state index in [2.05, 4.69) is 13.8 Å². The van der Waals surface area contributed by atoms with E-state index in [-0.39, 0.29) is 0 Å². The molecule has 2 rings (SSSR count). The molecule has 0 aromatic carbocycles. The monoisotopic (exact) mass is 362 g/mol. The van der Waals surface area contributed by atoms with Crippen LogP contribution in [0.1, 0.15) is 123 Å². The molecule has 1 heteroatoms. The highest BCUT2D eigenvalue weighted by Gasteiger charge is 2.23. The van der Waals surface area contributed by atoms with Gasteiger partial charge < -0.3 is 4.79 Å². The molecule has 0 radical (unpaired) electrons. The fourth-order valence-corrected chi connectivity index (χ4v) is 5.46. The van der Waals surface area contributed by atoms with E-state index in [1.165, 1.54) is 103 Å². The van der Waals surface area contributed by atoms with Gasteiger partial charge in [0.05, 0.1) is 0 Å². The van der Waals surface area contributed by atoms with Crippen molar-refractivity contribution >= 4 is 6.29 Å². The molecule has 3 unspecified atom stereocenters. The lowest BCUT2D eigenvalue weighted by Crippen LogP contribution is -2.20. The number of hydrogen-bond acceptors (Lipinski definition) is 1. The summed E-state index contributed by atoms with van der Waals surface area (Å²) < 4.78 is 0. The summed E-state index contributed by atoms with van der Waals surface area (Å²) in [4.78, 5) is 10.8. The fourth-order valence-electron chi connectivity index (χ4n) is 5.46. The van der Waals surface area contributed by atoms with E-state index in [1.54, 1.807) is 0 Å². The summed E-state index contributed by atoms with van der Waals surface area (Å²) in [6.45, 7) is 4.91. The molecule has 0 bridgehead atoms. The molecule has 0 aromatic heterocycles. The lowest BCUT2D eigenvalue weighted by Gasteiger charge is -2.32. The van der Waals surface area contributed by atoms with Crippen molar-refractivity contribution in [2.45, 2.75) is 123 Å². The van der Waals surface area contributed by atoms with Crippen LogP contribution >= 0.6 is 0 Å². The van der Waals surface area contributed by atoms with Crippen LogP contribution < -0.4 is 0 Å². The summed E-state index contributed by atoms with van der Waals surface area (Å²) in [5.74, 6) is 4.29. The van der Waals surface area contributed by atoms with Gasteiger partial charge in [0.15, 0.2) is 0 Å². The first-order valence-electron chi connectivity index (χ1n) is 12.1. The van der Waals surface area contributed by atoms with Gasteiger partial charge in [0.2, 0.25) is 0 Å². The Labute approximate surface area is 164 Å². The summed E-state index contributed by atoms with van der Waals surface area (Å²) in [5.41, 5.74) is 0. The molecule has 1 nitrogen and oxygen atoms in total. The summed E-state index contributed by atoms with van der Waals surface area (Å²) in [6, 6.07) is 0. The van der Waals surface area contributed by atoms with Gasteiger partial charge in [-0.15, -0.1) is 0 Å². The van der Waals surface area contributed by atoms with Crippen molar-refractivity contribution in [3.05, 3.63) is 0 Å². The molecule has 0 amide bonds. The second-order valence-corrected chi connectivity index (χ2v) is 9.96. The molecule has 0 saturated heterocycles. The Hall–Kier alpha value is -0.330. The van der Waals surface area contributed by atoms with Gasteiger partial charge >= 0.3 is 0 Å². The molecule has 0 N–H and O–H groups in total. The number of carbonyl (C=O) groups excluding carboxylic acids is 1. The third-order valence-electron chi connectivity index (χ3n) is 7.77. The zero-order valence-electron chi connectivity index (χ0n) is 17.9. The summed E-state index contributed by atoms with van der Waals surface area (Å²) in [5, 5.41) is 0.